The predicted octanol–water partition coefficient (Wildman–Crippen LogP) is 3.82. The van der Waals surface area contributed by atoms with E-state index in [1.807, 2.05) is 6.07 Å². The summed E-state index contributed by atoms with van der Waals surface area (Å²) in [4.78, 5) is 36.2. The van der Waals surface area contributed by atoms with Crippen molar-refractivity contribution in [3.63, 3.8) is 0 Å². The highest BCUT2D eigenvalue weighted by molar-refractivity contribution is 7.14. The molecule has 0 bridgehead atoms. The summed E-state index contributed by atoms with van der Waals surface area (Å²) in [6, 6.07) is 18.0. The van der Waals surface area contributed by atoms with Crippen LogP contribution in [0.4, 0.5) is 5.69 Å². The van der Waals surface area contributed by atoms with Crippen LogP contribution in [0.1, 0.15) is 30.5 Å². The summed E-state index contributed by atoms with van der Waals surface area (Å²) >= 11 is 1.31. The third-order valence-electron chi connectivity index (χ3n) is 3.66. The van der Waals surface area contributed by atoms with Gasteiger partial charge >= 0.3 is 0 Å². The van der Waals surface area contributed by atoms with Crippen LogP contribution in [0.15, 0.2) is 66.7 Å². The van der Waals surface area contributed by atoms with Crippen molar-refractivity contribution < 1.29 is 14.5 Å². The molecule has 0 spiro atoms. The standard InChI is InChI=1S/C19H14N2O4S/c22-18(13-5-2-1-3-6-13)17-10-9-16(26-17)12-20-19(23)14-7-4-8-15(11-14)21(24)25/h1-11H,12H2,(H,20,23). The van der Waals surface area contributed by atoms with E-state index in [0.29, 0.717) is 10.4 Å². The fourth-order valence-corrected chi connectivity index (χ4v) is 3.27. The third kappa shape index (κ3) is 4.01. The second-order valence-corrected chi connectivity index (χ2v) is 6.62. The maximum atomic E-state index is 12.4. The van der Waals surface area contributed by atoms with E-state index in [1.54, 1.807) is 36.4 Å². The number of ketones is 1. The highest BCUT2D eigenvalue weighted by Crippen LogP contribution is 2.20. The molecule has 0 unspecified atom stereocenters. The molecule has 0 radical (unpaired) electrons. The molecule has 0 aliphatic carbocycles. The first kappa shape index (κ1) is 17.5. The highest BCUT2D eigenvalue weighted by Gasteiger charge is 2.14. The van der Waals surface area contributed by atoms with E-state index in [2.05, 4.69) is 5.32 Å². The molecule has 130 valence electrons. The second-order valence-electron chi connectivity index (χ2n) is 5.45. The molecule has 0 aliphatic heterocycles. The van der Waals surface area contributed by atoms with Crippen LogP contribution in [0.5, 0.6) is 0 Å². The van der Waals surface area contributed by atoms with Gasteiger partial charge in [-0.15, -0.1) is 11.3 Å². The average molecular weight is 366 g/mol. The fourth-order valence-electron chi connectivity index (χ4n) is 2.36. The Morgan fingerprint density at radius 2 is 1.69 bits per heavy atom. The first-order chi connectivity index (χ1) is 12.5. The highest BCUT2D eigenvalue weighted by atomic mass is 32.1. The molecular weight excluding hydrogens is 352 g/mol. The largest absolute Gasteiger partial charge is 0.347 e. The van der Waals surface area contributed by atoms with E-state index in [1.165, 1.54) is 35.6 Å². The molecular formula is C19H14N2O4S. The number of nitro benzene ring substituents is 1. The summed E-state index contributed by atoms with van der Waals surface area (Å²) in [5.74, 6) is -0.468. The molecule has 1 aromatic heterocycles. The molecule has 1 N–H and O–H groups in total. The van der Waals surface area contributed by atoms with Gasteiger partial charge in [0.1, 0.15) is 0 Å². The number of hydrogen-bond donors (Lipinski definition) is 1. The van der Waals surface area contributed by atoms with Crippen LogP contribution in [0.2, 0.25) is 0 Å². The van der Waals surface area contributed by atoms with Gasteiger partial charge in [0, 0.05) is 28.1 Å². The Balaban J connectivity index is 1.65. The van der Waals surface area contributed by atoms with Gasteiger partial charge in [-0.3, -0.25) is 19.7 Å². The third-order valence-corrected chi connectivity index (χ3v) is 4.75. The number of hydrogen-bond acceptors (Lipinski definition) is 5. The van der Waals surface area contributed by atoms with E-state index < -0.39 is 10.8 Å². The van der Waals surface area contributed by atoms with Crippen molar-refractivity contribution in [1.82, 2.24) is 5.32 Å². The monoisotopic (exact) mass is 366 g/mol. The Kier molecular flexibility index (Phi) is 5.19. The number of rotatable bonds is 6. The summed E-state index contributed by atoms with van der Waals surface area (Å²) in [5, 5.41) is 13.5. The van der Waals surface area contributed by atoms with Crippen LogP contribution in [0.25, 0.3) is 0 Å². The van der Waals surface area contributed by atoms with Crippen LogP contribution in [-0.2, 0) is 6.54 Å². The topological polar surface area (TPSA) is 89.3 Å². The zero-order chi connectivity index (χ0) is 18.5. The minimum atomic E-state index is -0.544. The SMILES string of the molecule is O=C(NCc1ccc(C(=O)c2ccccc2)s1)c1cccc([N+](=O)[O-])c1. The number of nitrogens with zero attached hydrogens (tertiary/aromatic N) is 1. The number of nitro groups is 1. The van der Waals surface area contributed by atoms with Gasteiger partial charge in [0.2, 0.25) is 5.78 Å². The van der Waals surface area contributed by atoms with E-state index in [4.69, 9.17) is 0 Å². The lowest BCUT2D eigenvalue weighted by Gasteiger charge is -2.03. The van der Waals surface area contributed by atoms with Crippen molar-refractivity contribution in [1.29, 1.82) is 0 Å². The lowest BCUT2D eigenvalue weighted by molar-refractivity contribution is -0.384. The zero-order valence-electron chi connectivity index (χ0n) is 13.5. The molecule has 1 heterocycles. The molecule has 3 rings (SSSR count). The van der Waals surface area contributed by atoms with Gasteiger partial charge in [0.25, 0.3) is 11.6 Å². The van der Waals surface area contributed by atoms with E-state index in [0.717, 1.165) is 4.88 Å². The zero-order valence-corrected chi connectivity index (χ0v) is 14.4. The summed E-state index contributed by atoms with van der Waals surface area (Å²) in [6.07, 6.45) is 0. The van der Waals surface area contributed by atoms with E-state index in [-0.39, 0.29) is 23.6 Å². The van der Waals surface area contributed by atoms with Crippen LogP contribution in [0, 0.1) is 10.1 Å². The predicted molar refractivity (Wildman–Crippen MR) is 98.5 cm³/mol. The Labute approximate surface area is 153 Å². The Bertz CT molecular complexity index is 966. The minimum Gasteiger partial charge on any atom is -0.347 e. The number of non-ortho nitro benzene ring substituents is 1. The normalized spacial score (nSPS) is 10.3. The Hall–Kier alpha value is -3.32. The number of nitrogens with one attached hydrogen (secondary N) is 1. The maximum absolute atomic E-state index is 12.4. The minimum absolute atomic E-state index is 0.0631. The first-order valence-corrected chi connectivity index (χ1v) is 8.57. The number of carbonyl (C=O) groups is 2. The number of benzene rings is 2. The van der Waals surface area contributed by atoms with Crippen LogP contribution in [-0.4, -0.2) is 16.6 Å². The molecule has 6 nitrogen and oxygen atoms in total. The first-order valence-electron chi connectivity index (χ1n) is 7.76. The maximum Gasteiger partial charge on any atom is 0.270 e. The van der Waals surface area contributed by atoms with Crippen molar-refractivity contribution in [2.45, 2.75) is 6.54 Å². The van der Waals surface area contributed by atoms with Crippen LogP contribution < -0.4 is 5.32 Å². The van der Waals surface area contributed by atoms with Crippen molar-refractivity contribution in [3.8, 4) is 0 Å². The molecule has 3 aromatic rings. The second kappa shape index (κ2) is 7.71. The average Bonchev–Trinajstić information content (AvgIpc) is 3.15. The number of carbonyl (C=O) groups excluding carboxylic acids is 2. The molecule has 0 aliphatic rings. The van der Waals surface area contributed by atoms with Crippen molar-refractivity contribution in [3.05, 3.63) is 97.7 Å². The molecule has 7 heteroatoms. The molecule has 26 heavy (non-hydrogen) atoms. The smallest absolute Gasteiger partial charge is 0.270 e. The number of amides is 1. The lowest BCUT2D eigenvalue weighted by Crippen LogP contribution is -2.22. The van der Waals surface area contributed by atoms with Gasteiger partial charge in [-0.2, -0.15) is 0 Å². The van der Waals surface area contributed by atoms with Crippen LogP contribution in [0.3, 0.4) is 0 Å². The molecule has 1 amide bonds. The Morgan fingerprint density at radius 1 is 0.962 bits per heavy atom. The summed E-state index contributed by atoms with van der Waals surface area (Å²) < 4.78 is 0. The van der Waals surface area contributed by atoms with Gasteiger partial charge in [-0.1, -0.05) is 36.4 Å². The summed E-state index contributed by atoms with van der Waals surface area (Å²) in [6.45, 7) is 0.244. The molecule has 0 atom stereocenters. The molecule has 2 aromatic carbocycles. The van der Waals surface area contributed by atoms with Gasteiger partial charge in [-0.05, 0) is 18.2 Å². The lowest BCUT2D eigenvalue weighted by atomic mass is 10.1. The summed E-state index contributed by atoms with van der Waals surface area (Å²) in [7, 11) is 0. The summed E-state index contributed by atoms with van der Waals surface area (Å²) in [5.41, 5.74) is 0.697. The quantitative estimate of drug-likeness (QED) is 0.408. The van der Waals surface area contributed by atoms with E-state index in [9.17, 15) is 19.7 Å². The molecule has 0 fully saturated rings. The van der Waals surface area contributed by atoms with Crippen molar-refractivity contribution in [2.75, 3.05) is 0 Å². The van der Waals surface area contributed by atoms with Gasteiger partial charge in [0.05, 0.1) is 16.3 Å². The molecule has 0 saturated heterocycles. The van der Waals surface area contributed by atoms with Gasteiger partial charge in [0.15, 0.2) is 0 Å². The number of thiophene rings is 1. The van der Waals surface area contributed by atoms with Crippen molar-refractivity contribution >= 4 is 28.7 Å². The van der Waals surface area contributed by atoms with Crippen molar-refractivity contribution in [2.24, 2.45) is 0 Å². The van der Waals surface area contributed by atoms with Gasteiger partial charge in [-0.25, -0.2) is 0 Å². The van der Waals surface area contributed by atoms with Gasteiger partial charge < -0.3 is 5.32 Å². The van der Waals surface area contributed by atoms with Crippen LogP contribution >= 0.6 is 11.3 Å². The van der Waals surface area contributed by atoms with E-state index >= 15 is 0 Å². The Morgan fingerprint density at radius 3 is 2.42 bits per heavy atom. The molecule has 0 saturated carbocycles. The fraction of sp³-hybridized carbons (Fsp3) is 0.0526.